The molecule has 0 saturated carbocycles. The van der Waals surface area contributed by atoms with Crippen LogP contribution in [0.5, 0.6) is 0 Å². The third kappa shape index (κ3) is 4.71. The van der Waals surface area contributed by atoms with Gasteiger partial charge in [-0.05, 0) is 37.3 Å². The standard InChI is InChI=1S/C20H19NO2S/c1-3-4-16-21(17-8-11-19-9-6-5-7-10-19)24(22,23)20-14-12-18(2)13-15-20/h4-7,9-10,12-15H,1,16-17H2,2H3. The fourth-order valence-electron chi connectivity index (χ4n) is 2.02. The van der Waals surface area contributed by atoms with Crippen LogP contribution < -0.4 is 0 Å². The van der Waals surface area contributed by atoms with Gasteiger partial charge in [0.15, 0.2) is 0 Å². The van der Waals surface area contributed by atoms with Gasteiger partial charge in [-0.2, -0.15) is 4.31 Å². The van der Waals surface area contributed by atoms with Crippen molar-refractivity contribution in [1.82, 2.24) is 4.31 Å². The maximum absolute atomic E-state index is 12.8. The van der Waals surface area contributed by atoms with Crippen molar-refractivity contribution < 1.29 is 8.42 Å². The summed E-state index contributed by atoms with van der Waals surface area (Å²) >= 11 is 0. The smallest absolute Gasteiger partial charge is 0.207 e. The number of rotatable bonds is 5. The van der Waals surface area contributed by atoms with Crippen molar-refractivity contribution in [2.24, 2.45) is 0 Å². The van der Waals surface area contributed by atoms with E-state index in [0.29, 0.717) is 0 Å². The average molecular weight is 337 g/mol. The highest BCUT2D eigenvalue weighted by atomic mass is 32.2. The number of hydrogen-bond acceptors (Lipinski definition) is 2. The molecule has 0 aliphatic carbocycles. The van der Waals surface area contributed by atoms with Crippen molar-refractivity contribution >= 4 is 10.0 Å². The molecule has 0 heterocycles. The Morgan fingerprint density at radius 2 is 1.75 bits per heavy atom. The molecule has 0 fully saturated rings. The van der Waals surface area contributed by atoms with Gasteiger partial charge in [-0.25, -0.2) is 8.42 Å². The van der Waals surface area contributed by atoms with Gasteiger partial charge in [0.2, 0.25) is 10.0 Å². The largest absolute Gasteiger partial charge is 0.244 e. The first-order valence-corrected chi connectivity index (χ1v) is 8.93. The molecule has 2 aromatic rings. The van der Waals surface area contributed by atoms with Crippen LogP contribution in [0.1, 0.15) is 11.1 Å². The lowest BCUT2D eigenvalue weighted by Gasteiger charge is -2.18. The van der Waals surface area contributed by atoms with Gasteiger partial charge in [0.05, 0.1) is 11.4 Å². The van der Waals surface area contributed by atoms with E-state index in [1.54, 1.807) is 30.3 Å². The molecule has 2 rings (SSSR count). The van der Waals surface area contributed by atoms with Crippen LogP contribution in [0, 0.1) is 18.8 Å². The molecule has 0 radical (unpaired) electrons. The van der Waals surface area contributed by atoms with E-state index in [-0.39, 0.29) is 18.0 Å². The molecule has 0 N–H and O–H groups in total. The minimum absolute atomic E-state index is 0.100. The highest BCUT2D eigenvalue weighted by Gasteiger charge is 2.22. The quantitative estimate of drug-likeness (QED) is 0.619. The maximum Gasteiger partial charge on any atom is 0.244 e. The minimum atomic E-state index is -3.61. The molecular formula is C20H19NO2S. The molecule has 0 aliphatic rings. The SMILES string of the molecule is C=C=CCN(CC#Cc1ccccc1)S(=O)(=O)c1ccc(C)cc1. The van der Waals surface area contributed by atoms with Gasteiger partial charge in [0.1, 0.15) is 0 Å². The van der Waals surface area contributed by atoms with E-state index < -0.39 is 10.0 Å². The topological polar surface area (TPSA) is 37.4 Å². The highest BCUT2D eigenvalue weighted by Crippen LogP contribution is 2.16. The molecule has 0 saturated heterocycles. The summed E-state index contributed by atoms with van der Waals surface area (Å²) < 4.78 is 26.9. The predicted molar refractivity (Wildman–Crippen MR) is 97.0 cm³/mol. The normalized spacial score (nSPS) is 10.6. The van der Waals surface area contributed by atoms with Gasteiger partial charge in [-0.3, -0.25) is 0 Å². The summed E-state index contributed by atoms with van der Waals surface area (Å²) in [6.07, 6.45) is 1.58. The van der Waals surface area contributed by atoms with E-state index in [1.165, 1.54) is 4.31 Å². The summed E-state index contributed by atoms with van der Waals surface area (Å²) in [4.78, 5) is 0.257. The zero-order chi connectivity index (χ0) is 17.4. The van der Waals surface area contributed by atoms with E-state index in [4.69, 9.17) is 0 Å². The molecule has 0 bridgehead atoms. The lowest BCUT2D eigenvalue weighted by Crippen LogP contribution is -2.31. The number of sulfonamides is 1. The van der Waals surface area contributed by atoms with E-state index >= 15 is 0 Å². The summed E-state index contributed by atoms with van der Waals surface area (Å²) in [6, 6.07) is 16.3. The highest BCUT2D eigenvalue weighted by molar-refractivity contribution is 7.89. The summed E-state index contributed by atoms with van der Waals surface area (Å²) in [5.41, 5.74) is 4.47. The van der Waals surface area contributed by atoms with Crippen molar-refractivity contribution in [2.45, 2.75) is 11.8 Å². The first-order chi connectivity index (χ1) is 11.5. The van der Waals surface area contributed by atoms with Crippen molar-refractivity contribution in [3.63, 3.8) is 0 Å². The Morgan fingerprint density at radius 3 is 2.38 bits per heavy atom. The Morgan fingerprint density at radius 1 is 1.08 bits per heavy atom. The zero-order valence-electron chi connectivity index (χ0n) is 13.6. The summed E-state index contributed by atoms with van der Waals surface area (Å²) in [7, 11) is -3.61. The van der Waals surface area contributed by atoms with Gasteiger partial charge in [0.25, 0.3) is 0 Å². The first-order valence-electron chi connectivity index (χ1n) is 7.49. The van der Waals surface area contributed by atoms with Crippen LogP contribution >= 0.6 is 0 Å². The fourth-order valence-corrected chi connectivity index (χ4v) is 3.31. The lowest BCUT2D eigenvalue weighted by atomic mass is 10.2. The second kappa shape index (κ2) is 8.33. The molecule has 3 nitrogen and oxygen atoms in total. The molecule has 0 amide bonds. The van der Waals surface area contributed by atoms with Crippen LogP contribution in [0.2, 0.25) is 0 Å². The number of nitrogens with zero attached hydrogens (tertiary/aromatic N) is 1. The monoisotopic (exact) mass is 337 g/mol. The Balaban J connectivity index is 2.26. The van der Waals surface area contributed by atoms with Gasteiger partial charge >= 0.3 is 0 Å². The third-order valence-corrected chi connectivity index (χ3v) is 5.19. The maximum atomic E-state index is 12.8. The Kier molecular flexibility index (Phi) is 6.17. The summed E-state index contributed by atoms with van der Waals surface area (Å²) in [5.74, 6) is 5.90. The number of benzene rings is 2. The Bertz CT molecular complexity index is 882. The van der Waals surface area contributed by atoms with Crippen LogP contribution in [0.3, 0.4) is 0 Å². The molecule has 0 unspecified atom stereocenters. The number of hydrogen-bond donors (Lipinski definition) is 0. The van der Waals surface area contributed by atoms with Crippen molar-refractivity contribution in [2.75, 3.05) is 13.1 Å². The predicted octanol–water partition coefficient (Wildman–Crippen LogP) is 3.38. The Hall–Kier alpha value is -2.57. The average Bonchev–Trinajstić information content (AvgIpc) is 2.59. The molecule has 24 heavy (non-hydrogen) atoms. The van der Waals surface area contributed by atoms with Crippen LogP contribution in [-0.4, -0.2) is 25.8 Å². The second-order valence-electron chi connectivity index (χ2n) is 5.19. The van der Waals surface area contributed by atoms with Gasteiger partial charge in [0, 0.05) is 12.1 Å². The van der Waals surface area contributed by atoms with Crippen molar-refractivity contribution in [3.05, 3.63) is 84.1 Å². The molecule has 122 valence electrons. The van der Waals surface area contributed by atoms with Crippen LogP contribution in [0.25, 0.3) is 0 Å². The van der Waals surface area contributed by atoms with Gasteiger partial charge < -0.3 is 0 Å². The van der Waals surface area contributed by atoms with E-state index in [0.717, 1.165) is 11.1 Å². The van der Waals surface area contributed by atoms with Gasteiger partial charge in [-0.1, -0.05) is 54.3 Å². The van der Waals surface area contributed by atoms with Crippen LogP contribution in [0.4, 0.5) is 0 Å². The van der Waals surface area contributed by atoms with Crippen LogP contribution in [0.15, 0.2) is 77.9 Å². The first kappa shape index (κ1) is 17.8. The van der Waals surface area contributed by atoms with Gasteiger partial charge in [-0.15, -0.1) is 5.73 Å². The van der Waals surface area contributed by atoms with Crippen molar-refractivity contribution in [3.8, 4) is 11.8 Å². The second-order valence-corrected chi connectivity index (χ2v) is 7.12. The molecular weight excluding hydrogens is 318 g/mol. The Labute approximate surface area is 144 Å². The molecule has 0 spiro atoms. The summed E-state index contributed by atoms with van der Waals surface area (Å²) in [6.45, 7) is 5.69. The molecule has 0 atom stereocenters. The van der Waals surface area contributed by atoms with Crippen LogP contribution in [-0.2, 0) is 10.0 Å². The molecule has 0 aliphatic heterocycles. The number of aryl methyl sites for hydroxylation is 1. The minimum Gasteiger partial charge on any atom is -0.207 e. The fraction of sp³-hybridized carbons (Fsp3) is 0.150. The molecule has 2 aromatic carbocycles. The van der Waals surface area contributed by atoms with E-state index in [2.05, 4.69) is 24.2 Å². The van der Waals surface area contributed by atoms with Crippen molar-refractivity contribution in [1.29, 1.82) is 0 Å². The van der Waals surface area contributed by atoms with E-state index in [1.807, 2.05) is 37.3 Å². The van der Waals surface area contributed by atoms with E-state index in [9.17, 15) is 8.42 Å². The lowest BCUT2D eigenvalue weighted by molar-refractivity contribution is 0.478. The summed E-state index contributed by atoms with van der Waals surface area (Å²) in [5, 5.41) is 0. The zero-order valence-corrected chi connectivity index (χ0v) is 14.4. The molecule has 4 heteroatoms. The molecule has 0 aromatic heterocycles. The third-order valence-electron chi connectivity index (χ3n) is 3.36.